The van der Waals surface area contributed by atoms with Crippen LogP contribution in [0.25, 0.3) is 0 Å². The molecule has 0 aliphatic carbocycles. The van der Waals surface area contributed by atoms with Crippen molar-refractivity contribution in [1.82, 2.24) is 9.13 Å². The van der Waals surface area contributed by atoms with E-state index in [2.05, 4.69) is 0 Å². The number of nitrogens with zero attached hydrogens (tertiary/aromatic N) is 2. The van der Waals surface area contributed by atoms with Crippen molar-refractivity contribution in [2.75, 3.05) is 6.61 Å². The van der Waals surface area contributed by atoms with E-state index in [9.17, 15) is 9.59 Å². The zero-order valence-electron chi connectivity index (χ0n) is 11.3. The fraction of sp³-hybridized carbons (Fsp3) is 0.333. The second-order valence-corrected chi connectivity index (χ2v) is 5.03. The number of hydrogen-bond donors (Lipinski definition) is 0. The lowest BCUT2D eigenvalue weighted by Crippen LogP contribution is -2.39. The molecule has 2 heterocycles. The maximum Gasteiger partial charge on any atom is 0.330 e. The summed E-state index contributed by atoms with van der Waals surface area (Å²) in [5.41, 5.74) is 0.537. The number of aromatic nitrogens is 2. The number of hydrogen-bond acceptors (Lipinski definition) is 3. The first-order chi connectivity index (χ1) is 9.66. The number of rotatable bonds is 2. The third-order valence-corrected chi connectivity index (χ3v) is 3.73. The summed E-state index contributed by atoms with van der Waals surface area (Å²) < 4.78 is 8.33. The highest BCUT2D eigenvalue weighted by molar-refractivity contribution is 5.37. The van der Waals surface area contributed by atoms with E-state index in [4.69, 9.17) is 4.74 Å². The van der Waals surface area contributed by atoms with Crippen LogP contribution in [0.1, 0.15) is 17.9 Å². The summed E-state index contributed by atoms with van der Waals surface area (Å²) in [6.45, 7) is 1.01. The van der Waals surface area contributed by atoms with Gasteiger partial charge in [0.05, 0.1) is 6.61 Å². The summed E-state index contributed by atoms with van der Waals surface area (Å²) >= 11 is 0. The Morgan fingerprint density at radius 2 is 2.05 bits per heavy atom. The van der Waals surface area contributed by atoms with E-state index in [0.29, 0.717) is 13.2 Å². The molecule has 0 spiro atoms. The zero-order valence-corrected chi connectivity index (χ0v) is 11.3. The predicted octanol–water partition coefficient (Wildman–Crippen LogP) is 1.11. The van der Waals surface area contributed by atoms with Gasteiger partial charge in [0.2, 0.25) is 0 Å². The van der Waals surface area contributed by atoms with E-state index in [1.54, 1.807) is 7.05 Å². The normalized spacial score (nSPS) is 17.4. The molecule has 104 valence electrons. The van der Waals surface area contributed by atoms with Crippen LogP contribution in [0.15, 0.2) is 46.1 Å². The van der Waals surface area contributed by atoms with Gasteiger partial charge in [0, 0.05) is 31.8 Å². The molecule has 2 aromatic rings. The molecule has 1 aromatic heterocycles. The summed E-state index contributed by atoms with van der Waals surface area (Å²) in [4.78, 5) is 24.0. The first-order valence-corrected chi connectivity index (χ1v) is 6.65. The smallest absolute Gasteiger partial charge is 0.330 e. The maximum absolute atomic E-state index is 12.1. The third kappa shape index (κ3) is 2.15. The molecule has 20 heavy (non-hydrogen) atoms. The molecule has 1 aliphatic rings. The van der Waals surface area contributed by atoms with Gasteiger partial charge in [-0.1, -0.05) is 18.2 Å². The highest BCUT2D eigenvalue weighted by Crippen LogP contribution is 2.33. The average molecular weight is 272 g/mol. The molecule has 1 atom stereocenters. The summed E-state index contributed by atoms with van der Waals surface area (Å²) in [6.07, 6.45) is 2.31. The van der Waals surface area contributed by atoms with Gasteiger partial charge in [-0.15, -0.1) is 0 Å². The van der Waals surface area contributed by atoms with Crippen molar-refractivity contribution < 1.29 is 4.74 Å². The van der Waals surface area contributed by atoms with Crippen LogP contribution in [0, 0.1) is 0 Å². The van der Waals surface area contributed by atoms with E-state index in [-0.39, 0.29) is 17.2 Å². The number of fused-ring (bicyclic) bond motifs is 1. The number of aryl methyl sites for hydroxylation is 1. The van der Waals surface area contributed by atoms with Gasteiger partial charge >= 0.3 is 5.69 Å². The van der Waals surface area contributed by atoms with Gasteiger partial charge in [-0.05, 0) is 18.1 Å². The molecule has 3 rings (SSSR count). The first kappa shape index (κ1) is 12.7. The van der Waals surface area contributed by atoms with Gasteiger partial charge in [0.1, 0.15) is 5.75 Å². The van der Waals surface area contributed by atoms with Crippen LogP contribution in [0.4, 0.5) is 0 Å². The Morgan fingerprint density at radius 3 is 2.90 bits per heavy atom. The Hall–Kier alpha value is -2.30. The highest BCUT2D eigenvalue weighted by atomic mass is 16.5. The third-order valence-electron chi connectivity index (χ3n) is 3.73. The predicted molar refractivity (Wildman–Crippen MR) is 75.2 cm³/mol. The van der Waals surface area contributed by atoms with E-state index < -0.39 is 0 Å². The first-order valence-electron chi connectivity index (χ1n) is 6.65. The standard InChI is InChI=1S/C15H16N2O3/c1-16-8-6-14(18)17(15(16)19)10-11-7-9-20-13-5-3-2-4-12(11)13/h2-6,8,11H,7,9-10H2,1H3. The van der Waals surface area contributed by atoms with Crippen molar-refractivity contribution in [3.05, 3.63) is 62.9 Å². The summed E-state index contributed by atoms with van der Waals surface area (Å²) in [6, 6.07) is 9.22. The van der Waals surface area contributed by atoms with Crippen LogP contribution >= 0.6 is 0 Å². The van der Waals surface area contributed by atoms with Crippen LogP contribution in [0.5, 0.6) is 5.75 Å². The molecule has 1 unspecified atom stereocenters. The Balaban J connectivity index is 2.00. The molecule has 0 radical (unpaired) electrons. The van der Waals surface area contributed by atoms with Crippen LogP contribution in [-0.2, 0) is 13.6 Å². The van der Waals surface area contributed by atoms with Crippen LogP contribution in [0.3, 0.4) is 0 Å². The van der Waals surface area contributed by atoms with Crippen molar-refractivity contribution in [3.63, 3.8) is 0 Å². The Bertz CT molecular complexity index is 745. The number of benzene rings is 1. The highest BCUT2D eigenvalue weighted by Gasteiger charge is 2.22. The number of ether oxygens (including phenoxy) is 1. The van der Waals surface area contributed by atoms with Gasteiger partial charge in [-0.3, -0.25) is 9.36 Å². The van der Waals surface area contributed by atoms with Gasteiger partial charge in [-0.2, -0.15) is 0 Å². The second-order valence-electron chi connectivity index (χ2n) is 5.03. The fourth-order valence-corrected chi connectivity index (χ4v) is 2.61. The summed E-state index contributed by atoms with van der Waals surface area (Å²) in [5, 5.41) is 0. The maximum atomic E-state index is 12.1. The molecule has 0 bridgehead atoms. The lowest BCUT2D eigenvalue weighted by Gasteiger charge is -2.26. The molecular formula is C15H16N2O3. The Kier molecular flexibility index (Phi) is 3.18. The van der Waals surface area contributed by atoms with Crippen molar-refractivity contribution in [3.8, 4) is 5.75 Å². The quantitative estimate of drug-likeness (QED) is 0.823. The molecule has 1 aromatic carbocycles. The van der Waals surface area contributed by atoms with Crippen LogP contribution in [-0.4, -0.2) is 15.7 Å². The fourth-order valence-electron chi connectivity index (χ4n) is 2.61. The van der Waals surface area contributed by atoms with Gasteiger partial charge in [0.25, 0.3) is 5.56 Å². The van der Waals surface area contributed by atoms with Crippen molar-refractivity contribution in [2.24, 2.45) is 7.05 Å². The molecule has 0 saturated heterocycles. The molecule has 0 fully saturated rings. The van der Waals surface area contributed by atoms with Crippen LogP contribution in [0.2, 0.25) is 0 Å². The molecule has 0 saturated carbocycles. The van der Waals surface area contributed by atoms with E-state index in [0.717, 1.165) is 17.7 Å². The molecule has 1 aliphatic heterocycles. The molecule has 0 N–H and O–H groups in total. The minimum absolute atomic E-state index is 0.132. The monoisotopic (exact) mass is 272 g/mol. The van der Waals surface area contributed by atoms with E-state index in [1.165, 1.54) is 21.4 Å². The molecule has 5 nitrogen and oxygen atoms in total. The average Bonchev–Trinajstić information content (AvgIpc) is 2.48. The largest absolute Gasteiger partial charge is 0.493 e. The van der Waals surface area contributed by atoms with Gasteiger partial charge < -0.3 is 9.30 Å². The van der Waals surface area contributed by atoms with Crippen LogP contribution < -0.4 is 16.0 Å². The lowest BCUT2D eigenvalue weighted by molar-refractivity contribution is 0.257. The Morgan fingerprint density at radius 1 is 1.25 bits per heavy atom. The van der Waals surface area contributed by atoms with Crippen molar-refractivity contribution in [1.29, 1.82) is 0 Å². The zero-order chi connectivity index (χ0) is 14.1. The minimum Gasteiger partial charge on any atom is -0.493 e. The van der Waals surface area contributed by atoms with Gasteiger partial charge in [-0.25, -0.2) is 4.79 Å². The second kappa shape index (κ2) is 5.00. The molecular weight excluding hydrogens is 256 g/mol. The molecule has 5 heteroatoms. The minimum atomic E-state index is -0.276. The topological polar surface area (TPSA) is 53.2 Å². The Labute approximate surface area is 116 Å². The SMILES string of the molecule is Cn1ccc(=O)n(CC2CCOc3ccccc32)c1=O. The lowest BCUT2D eigenvalue weighted by atomic mass is 9.93. The van der Waals surface area contributed by atoms with Crippen molar-refractivity contribution >= 4 is 0 Å². The van der Waals surface area contributed by atoms with E-state index in [1.807, 2.05) is 24.3 Å². The summed E-state index contributed by atoms with van der Waals surface area (Å²) in [5.74, 6) is 0.984. The van der Waals surface area contributed by atoms with Gasteiger partial charge in [0.15, 0.2) is 0 Å². The van der Waals surface area contributed by atoms with E-state index >= 15 is 0 Å². The summed E-state index contributed by atoms with van der Waals surface area (Å²) in [7, 11) is 1.65. The van der Waals surface area contributed by atoms with Crippen molar-refractivity contribution in [2.45, 2.75) is 18.9 Å². The molecule has 0 amide bonds. The number of para-hydroxylation sites is 1.